The van der Waals surface area contributed by atoms with Gasteiger partial charge in [-0.15, -0.1) is 0 Å². The molecule has 0 aliphatic heterocycles. The Kier molecular flexibility index (Phi) is 4.70. The van der Waals surface area contributed by atoms with Gasteiger partial charge in [0.05, 0.1) is 32.7 Å². The van der Waals surface area contributed by atoms with E-state index in [4.69, 9.17) is 14.2 Å². The normalized spacial score (nSPS) is 10.4. The van der Waals surface area contributed by atoms with Crippen molar-refractivity contribution in [1.82, 2.24) is 9.55 Å². The quantitative estimate of drug-likeness (QED) is 0.716. The van der Waals surface area contributed by atoms with E-state index in [0.717, 1.165) is 11.3 Å². The van der Waals surface area contributed by atoms with Crippen LogP contribution in [0.5, 0.6) is 17.2 Å². The van der Waals surface area contributed by atoms with Crippen molar-refractivity contribution in [2.75, 3.05) is 21.3 Å². The standard InChI is InChI=1S/C19H18N2O4/c1-23-16-11-13(12-17(24-2)19(16)25-3)15-5-4-6-18(22)21(15)14-7-9-20-10-8-14/h4-12H,1-3H3. The predicted molar refractivity (Wildman–Crippen MR) is 94.9 cm³/mol. The smallest absolute Gasteiger partial charge is 0.255 e. The maximum absolute atomic E-state index is 12.5. The van der Waals surface area contributed by atoms with Crippen LogP contribution in [0.2, 0.25) is 0 Å². The van der Waals surface area contributed by atoms with Gasteiger partial charge >= 0.3 is 0 Å². The number of ether oxygens (including phenoxy) is 3. The summed E-state index contributed by atoms with van der Waals surface area (Å²) >= 11 is 0. The van der Waals surface area contributed by atoms with Gasteiger partial charge < -0.3 is 14.2 Å². The summed E-state index contributed by atoms with van der Waals surface area (Å²) in [6.45, 7) is 0. The maximum Gasteiger partial charge on any atom is 0.255 e. The Balaban J connectivity index is 2.28. The minimum Gasteiger partial charge on any atom is -0.493 e. The summed E-state index contributed by atoms with van der Waals surface area (Å²) < 4.78 is 17.8. The molecule has 128 valence electrons. The van der Waals surface area contributed by atoms with Gasteiger partial charge in [-0.2, -0.15) is 0 Å². The Hall–Kier alpha value is -3.28. The van der Waals surface area contributed by atoms with Crippen molar-refractivity contribution < 1.29 is 14.2 Å². The molecule has 0 aliphatic rings. The Bertz CT molecular complexity index is 911. The number of pyridine rings is 2. The first-order valence-corrected chi connectivity index (χ1v) is 7.62. The lowest BCUT2D eigenvalue weighted by Crippen LogP contribution is -2.18. The Labute approximate surface area is 145 Å². The number of benzene rings is 1. The summed E-state index contributed by atoms with van der Waals surface area (Å²) in [7, 11) is 4.67. The van der Waals surface area contributed by atoms with Crippen LogP contribution in [0.15, 0.2) is 59.7 Å². The second-order valence-corrected chi connectivity index (χ2v) is 5.20. The zero-order valence-corrected chi connectivity index (χ0v) is 14.2. The van der Waals surface area contributed by atoms with Crippen LogP contribution in [-0.2, 0) is 0 Å². The summed E-state index contributed by atoms with van der Waals surface area (Å²) in [5.74, 6) is 1.55. The Morgan fingerprint density at radius 3 is 2.08 bits per heavy atom. The van der Waals surface area contributed by atoms with Crippen LogP contribution in [0.4, 0.5) is 0 Å². The van der Waals surface area contributed by atoms with Crippen LogP contribution in [0.3, 0.4) is 0 Å². The van der Waals surface area contributed by atoms with E-state index in [1.165, 1.54) is 6.07 Å². The summed E-state index contributed by atoms with van der Waals surface area (Å²) in [6, 6.07) is 12.3. The van der Waals surface area contributed by atoms with Gasteiger partial charge in [-0.1, -0.05) is 6.07 Å². The van der Waals surface area contributed by atoms with Crippen LogP contribution in [0, 0.1) is 0 Å². The Morgan fingerprint density at radius 1 is 0.880 bits per heavy atom. The van der Waals surface area contributed by atoms with Crippen molar-refractivity contribution in [3.8, 4) is 34.2 Å². The summed E-state index contributed by atoms with van der Waals surface area (Å²) in [4.78, 5) is 16.5. The van der Waals surface area contributed by atoms with Gasteiger partial charge in [-0.05, 0) is 30.3 Å². The van der Waals surface area contributed by atoms with E-state index in [1.54, 1.807) is 56.5 Å². The third-order valence-corrected chi connectivity index (χ3v) is 3.84. The van der Waals surface area contributed by atoms with Crippen LogP contribution in [0.1, 0.15) is 0 Å². The molecular weight excluding hydrogens is 320 g/mol. The molecule has 0 saturated carbocycles. The fourth-order valence-corrected chi connectivity index (χ4v) is 2.70. The summed E-state index contributed by atoms with van der Waals surface area (Å²) in [5, 5.41) is 0. The molecule has 3 rings (SSSR count). The van der Waals surface area contributed by atoms with Gasteiger partial charge in [-0.3, -0.25) is 14.3 Å². The molecule has 0 atom stereocenters. The van der Waals surface area contributed by atoms with Crippen molar-refractivity contribution in [3.63, 3.8) is 0 Å². The monoisotopic (exact) mass is 338 g/mol. The van der Waals surface area contributed by atoms with Crippen LogP contribution in [0.25, 0.3) is 16.9 Å². The molecule has 6 nitrogen and oxygen atoms in total. The first kappa shape index (κ1) is 16.6. The Morgan fingerprint density at radius 2 is 1.52 bits per heavy atom. The molecule has 2 aromatic heterocycles. The summed E-state index contributed by atoms with van der Waals surface area (Å²) in [5.41, 5.74) is 2.06. The number of aromatic nitrogens is 2. The molecule has 0 bridgehead atoms. The lowest BCUT2D eigenvalue weighted by Gasteiger charge is -2.17. The van der Waals surface area contributed by atoms with Crippen molar-refractivity contribution in [2.45, 2.75) is 0 Å². The maximum atomic E-state index is 12.5. The molecule has 2 heterocycles. The van der Waals surface area contributed by atoms with E-state index in [9.17, 15) is 4.79 Å². The van der Waals surface area contributed by atoms with Gasteiger partial charge in [0, 0.05) is 24.0 Å². The second-order valence-electron chi connectivity index (χ2n) is 5.20. The fourth-order valence-electron chi connectivity index (χ4n) is 2.70. The van der Waals surface area contributed by atoms with Crippen molar-refractivity contribution >= 4 is 0 Å². The van der Waals surface area contributed by atoms with E-state index in [1.807, 2.05) is 18.2 Å². The highest BCUT2D eigenvalue weighted by Crippen LogP contribution is 2.41. The van der Waals surface area contributed by atoms with Crippen molar-refractivity contribution in [2.24, 2.45) is 0 Å². The van der Waals surface area contributed by atoms with Crippen molar-refractivity contribution in [1.29, 1.82) is 0 Å². The third kappa shape index (κ3) is 3.06. The van der Waals surface area contributed by atoms with Gasteiger partial charge in [0.1, 0.15) is 0 Å². The van der Waals surface area contributed by atoms with Crippen LogP contribution < -0.4 is 19.8 Å². The lowest BCUT2D eigenvalue weighted by atomic mass is 10.1. The molecule has 0 amide bonds. The molecule has 0 saturated heterocycles. The molecule has 1 aromatic carbocycles. The topological polar surface area (TPSA) is 62.6 Å². The molecule has 3 aromatic rings. The van der Waals surface area contributed by atoms with E-state index in [2.05, 4.69) is 4.98 Å². The average molecular weight is 338 g/mol. The highest BCUT2D eigenvalue weighted by molar-refractivity contribution is 5.70. The van der Waals surface area contributed by atoms with Gasteiger partial charge in [0.2, 0.25) is 5.75 Å². The second kappa shape index (κ2) is 7.09. The number of rotatable bonds is 5. The molecule has 0 spiro atoms. The lowest BCUT2D eigenvalue weighted by molar-refractivity contribution is 0.324. The fraction of sp³-hybridized carbons (Fsp3) is 0.158. The number of methoxy groups -OCH3 is 3. The molecular formula is C19H18N2O4. The van der Waals surface area contributed by atoms with Crippen molar-refractivity contribution in [3.05, 3.63) is 65.2 Å². The SMILES string of the molecule is COc1cc(-c2cccc(=O)n2-c2ccncc2)cc(OC)c1OC. The molecule has 0 radical (unpaired) electrons. The van der Waals surface area contributed by atoms with Gasteiger partial charge in [0.25, 0.3) is 5.56 Å². The minimum absolute atomic E-state index is 0.141. The average Bonchev–Trinajstić information content (AvgIpc) is 2.67. The largest absolute Gasteiger partial charge is 0.493 e. The number of hydrogen-bond donors (Lipinski definition) is 0. The van der Waals surface area contributed by atoms with Crippen LogP contribution in [-0.4, -0.2) is 30.9 Å². The minimum atomic E-state index is -0.141. The molecule has 0 aliphatic carbocycles. The van der Waals surface area contributed by atoms with E-state index in [-0.39, 0.29) is 5.56 Å². The van der Waals surface area contributed by atoms with E-state index < -0.39 is 0 Å². The molecule has 0 unspecified atom stereocenters. The third-order valence-electron chi connectivity index (χ3n) is 3.84. The summed E-state index contributed by atoms with van der Waals surface area (Å²) in [6.07, 6.45) is 3.29. The molecule has 25 heavy (non-hydrogen) atoms. The van der Waals surface area contributed by atoms with E-state index >= 15 is 0 Å². The number of hydrogen-bond acceptors (Lipinski definition) is 5. The van der Waals surface area contributed by atoms with E-state index in [0.29, 0.717) is 22.9 Å². The van der Waals surface area contributed by atoms with Gasteiger partial charge in [-0.25, -0.2) is 0 Å². The first-order chi connectivity index (χ1) is 12.2. The molecule has 6 heteroatoms. The predicted octanol–water partition coefficient (Wildman–Crippen LogP) is 2.93. The zero-order valence-electron chi connectivity index (χ0n) is 14.2. The first-order valence-electron chi connectivity index (χ1n) is 7.62. The molecule has 0 fully saturated rings. The number of nitrogens with zero attached hydrogens (tertiary/aromatic N) is 2. The zero-order chi connectivity index (χ0) is 17.8. The highest BCUT2D eigenvalue weighted by Gasteiger charge is 2.16. The molecule has 0 N–H and O–H groups in total. The van der Waals surface area contributed by atoms with Gasteiger partial charge in [0.15, 0.2) is 11.5 Å². The van der Waals surface area contributed by atoms with Crippen LogP contribution >= 0.6 is 0 Å². The highest BCUT2D eigenvalue weighted by atomic mass is 16.5.